The second-order valence-electron chi connectivity index (χ2n) is 6.83. The van der Waals surface area contributed by atoms with E-state index in [-0.39, 0.29) is 23.6 Å². The third kappa shape index (κ3) is 5.38. The third-order valence-electron chi connectivity index (χ3n) is 4.39. The molecule has 0 bridgehead atoms. The lowest BCUT2D eigenvalue weighted by Crippen LogP contribution is -2.30. The molecule has 0 radical (unpaired) electrons. The van der Waals surface area contributed by atoms with Gasteiger partial charge in [0, 0.05) is 30.2 Å². The molecule has 2 N–H and O–H groups in total. The van der Waals surface area contributed by atoms with E-state index in [2.05, 4.69) is 5.32 Å². The molecule has 7 heteroatoms. The Hall–Kier alpha value is -3.74. The molecule has 0 atom stereocenters. The summed E-state index contributed by atoms with van der Waals surface area (Å²) in [4.78, 5) is 36.1. The van der Waals surface area contributed by atoms with Crippen molar-refractivity contribution in [1.82, 2.24) is 14.5 Å². The number of aromatic nitrogens is 2. The lowest BCUT2D eigenvalue weighted by Gasteiger charge is -2.10. The van der Waals surface area contributed by atoms with Gasteiger partial charge in [0.15, 0.2) is 0 Å². The maximum Gasteiger partial charge on any atom is 0.253 e. The SMILES string of the molecule is CC(=N)CNC(=O)c1ccc(=O)n(Cc2ccc(Cn3ccccc3=O)cc2)c1. The fraction of sp³-hybridized carbons (Fsp3) is 0.182. The Balaban J connectivity index is 1.72. The minimum absolute atomic E-state index is 0.0589. The molecule has 0 fully saturated rings. The second kappa shape index (κ2) is 8.97. The van der Waals surface area contributed by atoms with Gasteiger partial charge in [0.25, 0.3) is 17.0 Å². The quantitative estimate of drug-likeness (QED) is 0.603. The van der Waals surface area contributed by atoms with E-state index < -0.39 is 0 Å². The van der Waals surface area contributed by atoms with Crippen LogP contribution in [0, 0.1) is 5.41 Å². The zero-order valence-corrected chi connectivity index (χ0v) is 16.1. The maximum atomic E-state index is 12.2. The van der Waals surface area contributed by atoms with Crippen molar-refractivity contribution in [3.63, 3.8) is 0 Å². The number of hydrogen-bond donors (Lipinski definition) is 2. The van der Waals surface area contributed by atoms with Gasteiger partial charge < -0.3 is 19.9 Å². The Kier molecular flexibility index (Phi) is 6.19. The van der Waals surface area contributed by atoms with Gasteiger partial charge in [-0.2, -0.15) is 0 Å². The van der Waals surface area contributed by atoms with Gasteiger partial charge >= 0.3 is 0 Å². The summed E-state index contributed by atoms with van der Waals surface area (Å²) >= 11 is 0. The van der Waals surface area contributed by atoms with Crippen LogP contribution in [0.5, 0.6) is 0 Å². The molecule has 148 valence electrons. The van der Waals surface area contributed by atoms with Gasteiger partial charge in [-0.1, -0.05) is 30.3 Å². The van der Waals surface area contributed by atoms with Gasteiger partial charge in [-0.3, -0.25) is 14.4 Å². The second-order valence-corrected chi connectivity index (χ2v) is 6.83. The van der Waals surface area contributed by atoms with Gasteiger partial charge in [0.2, 0.25) is 0 Å². The summed E-state index contributed by atoms with van der Waals surface area (Å²) in [6.45, 7) is 2.58. The van der Waals surface area contributed by atoms with Gasteiger partial charge in [-0.25, -0.2) is 0 Å². The van der Waals surface area contributed by atoms with E-state index in [1.165, 1.54) is 29.0 Å². The van der Waals surface area contributed by atoms with Crippen molar-refractivity contribution in [3.8, 4) is 0 Å². The molecule has 3 rings (SSSR count). The molecule has 0 aliphatic heterocycles. The van der Waals surface area contributed by atoms with Crippen molar-refractivity contribution in [2.24, 2.45) is 0 Å². The van der Waals surface area contributed by atoms with Crippen LogP contribution in [0.3, 0.4) is 0 Å². The molecule has 3 aromatic rings. The zero-order chi connectivity index (χ0) is 20.8. The Labute approximate surface area is 167 Å². The van der Waals surface area contributed by atoms with Crippen molar-refractivity contribution in [3.05, 3.63) is 104 Å². The molecule has 1 amide bonds. The predicted octanol–water partition coefficient (Wildman–Crippen LogP) is 1.88. The van der Waals surface area contributed by atoms with Crippen molar-refractivity contribution < 1.29 is 4.79 Å². The average molecular weight is 390 g/mol. The molecule has 2 heterocycles. The van der Waals surface area contributed by atoms with Crippen LogP contribution in [-0.4, -0.2) is 27.3 Å². The number of hydrogen-bond acceptors (Lipinski definition) is 4. The Morgan fingerprint density at radius 3 is 2.14 bits per heavy atom. The van der Waals surface area contributed by atoms with E-state index in [1.807, 2.05) is 30.3 Å². The molecular formula is C22H22N4O3. The predicted molar refractivity (Wildman–Crippen MR) is 112 cm³/mol. The van der Waals surface area contributed by atoms with Crippen LogP contribution in [0.2, 0.25) is 0 Å². The largest absolute Gasteiger partial charge is 0.347 e. The summed E-state index contributed by atoms with van der Waals surface area (Å²) in [6, 6.07) is 15.5. The normalized spacial score (nSPS) is 10.5. The highest BCUT2D eigenvalue weighted by Gasteiger charge is 2.08. The molecule has 2 aromatic heterocycles. The number of nitrogens with zero attached hydrogens (tertiary/aromatic N) is 2. The van der Waals surface area contributed by atoms with Crippen LogP contribution in [0.25, 0.3) is 0 Å². The molecular weight excluding hydrogens is 368 g/mol. The van der Waals surface area contributed by atoms with Crippen LogP contribution >= 0.6 is 0 Å². The molecule has 29 heavy (non-hydrogen) atoms. The van der Waals surface area contributed by atoms with Crippen LogP contribution < -0.4 is 16.4 Å². The number of benzene rings is 1. The lowest BCUT2D eigenvalue weighted by molar-refractivity contribution is 0.0958. The first kappa shape index (κ1) is 20.0. The summed E-state index contributed by atoms with van der Waals surface area (Å²) in [7, 11) is 0. The highest BCUT2D eigenvalue weighted by molar-refractivity contribution is 5.96. The summed E-state index contributed by atoms with van der Waals surface area (Å²) in [6.07, 6.45) is 3.26. The minimum Gasteiger partial charge on any atom is -0.347 e. The molecule has 1 aromatic carbocycles. The van der Waals surface area contributed by atoms with Gasteiger partial charge in [0.05, 0.1) is 25.2 Å². The first-order valence-electron chi connectivity index (χ1n) is 9.18. The summed E-state index contributed by atoms with van der Waals surface area (Å²) in [5, 5.41) is 10.0. The average Bonchev–Trinajstić information content (AvgIpc) is 2.71. The third-order valence-corrected chi connectivity index (χ3v) is 4.39. The lowest BCUT2D eigenvalue weighted by atomic mass is 10.1. The van der Waals surface area contributed by atoms with Crippen molar-refractivity contribution in [1.29, 1.82) is 5.41 Å². The minimum atomic E-state index is -0.325. The van der Waals surface area contributed by atoms with Crippen molar-refractivity contribution in [2.45, 2.75) is 20.0 Å². The zero-order valence-electron chi connectivity index (χ0n) is 16.1. The van der Waals surface area contributed by atoms with Crippen molar-refractivity contribution >= 4 is 11.6 Å². The number of pyridine rings is 2. The Bertz CT molecular complexity index is 1140. The van der Waals surface area contributed by atoms with Crippen LogP contribution in [0.4, 0.5) is 0 Å². The first-order chi connectivity index (χ1) is 13.9. The first-order valence-corrected chi connectivity index (χ1v) is 9.18. The van der Waals surface area contributed by atoms with E-state index in [9.17, 15) is 14.4 Å². The van der Waals surface area contributed by atoms with Crippen LogP contribution in [0.15, 0.2) is 76.6 Å². The fourth-order valence-electron chi connectivity index (χ4n) is 2.84. The van der Waals surface area contributed by atoms with E-state index in [0.717, 1.165) is 11.1 Å². The van der Waals surface area contributed by atoms with Crippen molar-refractivity contribution in [2.75, 3.05) is 6.54 Å². The molecule has 0 saturated heterocycles. The van der Waals surface area contributed by atoms with Gasteiger partial charge in [-0.05, 0) is 30.2 Å². The molecule has 0 spiro atoms. The monoisotopic (exact) mass is 390 g/mol. The van der Waals surface area contributed by atoms with Gasteiger partial charge in [0.1, 0.15) is 0 Å². The smallest absolute Gasteiger partial charge is 0.253 e. The fourth-order valence-corrected chi connectivity index (χ4v) is 2.84. The number of nitrogens with one attached hydrogen (secondary N) is 2. The summed E-state index contributed by atoms with van der Waals surface area (Å²) < 4.78 is 3.10. The Morgan fingerprint density at radius 1 is 0.897 bits per heavy atom. The molecule has 0 saturated carbocycles. The highest BCUT2D eigenvalue weighted by Crippen LogP contribution is 2.08. The molecule has 7 nitrogen and oxygen atoms in total. The molecule has 0 unspecified atom stereocenters. The summed E-state index contributed by atoms with van der Waals surface area (Å²) in [5.74, 6) is -0.325. The number of carbonyl (C=O) groups excluding carboxylic acids is 1. The number of rotatable bonds is 7. The Morgan fingerprint density at radius 2 is 1.52 bits per heavy atom. The highest BCUT2D eigenvalue weighted by atomic mass is 16.2. The van der Waals surface area contributed by atoms with E-state index in [0.29, 0.717) is 24.4 Å². The van der Waals surface area contributed by atoms with E-state index >= 15 is 0 Å². The molecule has 0 aliphatic rings. The summed E-state index contributed by atoms with van der Waals surface area (Å²) in [5.41, 5.74) is 2.34. The van der Waals surface area contributed by atoms with E-state index in [4.69, 9.17) is 5.41 Å². The topological polar surface area (TPSA) is 97.0 Å². The van der Waals surface area contributed by atoms with Gasteiger partial charge in [-0.15, -0.1) is 0 Å². The van der Waals surface area contributed by atoms with Crippen LogP contribution in [0.1, 0.15) is 28.4 Å². The standard InChI is InChI=1S/C22H22N4O3/c1-16(23)12-24-22(29)19-9-10-21(28)26(15-19)14-18-7-5-17(6-8-18)13-25-11-3-2-4-20(25)27/h2-11,15,23H,12-14H2,1H3,(H,24,29). The number of amides is 1. The maximum absolute atomic E-state index is 12.2. The van der Waals surface area contributed by atoms with E-state index in [1.54, 1.807) is 23.8 Å². The molecule has 0 aliphatic carbocycles. The van der Waals surface area contributed by atoms with Crippen LogP contribution in [-0.2, 0) is 13.1 Å². The number of carbonyl (C=O) groups is 1.